The van der Waals surface area contributed by atoms with Crippen molar-refractivity contribution < 1.29 is 12.8 Å². The van der Waals surface area contributed by atoms with Gasteiger partial charge in [-0.1, -0.05) is 48.0 Å². The standard InChI is InChI=1S/C26H20BrClFN5O2S/c1-16-6-9-18(29)12-24(16)37(35,36)33-19-10-7-17(8-11-19)14-30-25-13-23(20-4-2-3-5-22(20)28)32-26-21(27)15-31-34(25)26/h2-13,15,30,33H,14H2,1H3. The summed E-state index contributed by atoms with van der Waals surface area (Å²) in [6, 6.07) is 19.9. The van der Waals surface area contributed by atoms with E-state index in [1.807, 2.05) is 30.3 Å². The predicted molar refractivity (Wildman–Crippen MR) is 147 cm³/mol. The summed E-state index contributed by atoms with van der Waals surface area (Å²) in [4.78, 5) is 4.61. The molecule has 0 saturated carbocycles. The number of nitrogens with zero attached hydrogens (tertiary/aromatic N) is 3. The smallest absolute Gasteiger partial charge is 0.262 e. The topological polar surface area (TPSA) is 88.4 Å². The summed E-state index contributed by atoms with van der Waals surface area (Å²) < 4.78 is 44.1. The minimum absolute atomic E-state index is 0.0975. The molecule has 0 aliphatic carbocycles. The molecule has 0 radical (unpaired) electrons. The molecule has 5 aromatic rings. The number of aryl methyl sites for hydroxylation is 1. The molecule has 7 nitrogen and oxygen atoms in total. The van der Waals surface area contributed by atoms with Crippen molar-refractivity contribution >= 4 is 54.7 Å². The fourth-order valence-electron chi connectivity index (χ4n) is 3.83. The highest BCUT2D eigenvalue weighted by molar-refractivity contribution is 9.10. The number of halogens is 3. The van der Waals surface area contributed by atoms with Crippen LogP contribution in [0.4, 0.5) is 15.9 Å². The van der Waals surface area contributed by atoms with E-state index in [4.69, 9.17) is 16.6 Å². The largest absolute Gasteiger partial charge is 0.366 e. The third-order valence-corrected chi connectivity index (χ3v) is 8.11. The predicted octanol–water partition coefficient (Wildman–Crippen LogP) is 6.67. The number of nitrogens with one attached hydrogen (secondary N) is 2. The van der Waals surface area contributed by atoms with Crippen LogP contribution in [0.3, 0.4) is 0 Å². The highest BCUT2D eigenvalue weighted by atomic mass is 79.9. The molecule has 0 aliphatic rings. The number of hydrogen-bond acceptors (Lipinski definition) is 5. The molecule has 188 valence electrons. The normalized spacial score (nSPS) is 11.6. The molecule has 0 bridgehead atoms. The van der Waals surface area contributed by atoms with E-state index in [0.717, 1.165) is 21.7 Å². The molecule has 2 heterocycles. The van der Waals surface area contributed by atoms with E-state index in [1.165, 1.54) is 12.1 Å². The van der Waals surface area contributed by atoms with Crippen LogP contribution in [-0.4, -0.2) is 23.0 Å². The minimum Gasteiger partial charge on any atom is -0.366 e. The molecular weight excluding hydrogens is 581 g/mol. The zero-order chi connectivity index (χ0) is 26.2. The second-order valence-corrected chi connectivity index (χ2v) is 11.2. The highest BCUT2D eigenvalue weighted by Gasteiger charge is 2.18. The first-order valence-electron chi connectivity index (χ1n) is 11.1. The zero-order valence-electron chi connectivity index (χ0n) is 19.4. The van der Waals surface area contributed by atoms with Gasteiger partial charge in [0.15, 0.2) is 5.65 Å². The van der Waals surface area contributed by atoms with Gasteiger partial charge in [0.05, 0.1) is 21.3 Å². The van der Waals surface area contributed by atoms with E-state index in [2.05, 4.69) is 31.1 Å². The van der Waals surface area contributed by atoms with E-state index in [-0.39, 0.29) is 4.90 Å². The van der Waals surface area contributed by atoms with Crippen LogP contribution in [0.15, 0.2) is 88.4 Å². The molecule has 0 saturated heterocycles. The molecule has 0 unspecified atom stereocenters. The van der Waals surface area contributed by atoms with Gasteiger partial charge in [-0.3, -0.25) is 4.72 Å². The quantitative estimate of drug-likeness (QED) is 0.218. The lowest BCUT2D eigenvalue weighted by atomic mass is 10.1. The number of hydrogen-bond donors (Lipinski definition) is 2. The first-order valence-corrected chi connectivity index (χ1v) is 13.8. The van der Waals surface area contributed by atoms with Crippen LogP contribution >= 0.6 is 27.5 Å². The Hall–Kier alpha value is -3.47. The van der Waals surface area contributed by atoms with Crippen LogP contribution in [0.5, 0.6) is 0 Å². The minimum atomic E-state index is -3.93. The van der Waals surface area contributed by atoms with E-state index >= 15 is 0 Å². The molecule has 0 amide bonds. The van der Waals surface area contributed by atoms with Gasteiger partial charge in [0, 0.05) is 28.9 Å². The molecule has 5 rings (SSSR count). The Labute approximate surface area is 226 Å². The molecule has 2 N–H and O–H groups in total. The Morgan fingerprint density at radius 2 is 1.81 bits per heavy atom. The van der Waals surface area contributed by atoms with Gasteiger partial charge < -0.3 is 5.32 Å². The van der Waals surface area contributed by atoms with Crippen molar-refractivity contribution in [1.29, 1.82) is 0 Å². The lowest BCUT2D eigenvalue weighted by Crippen LogP contribution is -2.14. The molecular formula is C26H20BrClFN5O2S. The van der Waals surface area contributed by atoms with Crippen LogP contribution in [0.2, 0.25) is 5.02 Å². The van der Waals surface area contributed by atoms with Gasteiger partial charge in [-0.2, -0.15) is 9.61 Å². The van der Waals surface area contributed by atoms with Gasteiger partial charge in [0.25, 0.3) is 10.0 Å². The molecule has 0 fully saturated rings. The van der Waals surface area contributed by atoms with E-state index in [9.17, 15) is 12.8 Å². The monoisotopic (exact) mass is 599 g/mol. The van der Waals surface area contributed by atoms with Crippen LogP contribution in [-0.2, 0) is 16.6 Å². The summed E-state index contributed by atoms with van der Waals surface area (Å²) >= 11 is 9.90. The SMILES string of the molecule is Cc1ccc(F)cc1S(=O)(=O)Nc1ccc(CNc2cc(-c3ccccc3Cl)nc3c(Br)cnn23)cc1. The Balaban J connectivity index is 1.36. The lowest BCUT2D eigenvalue weighted by molar-refractivity contribution is 0.594. The van der Waals surface area contributed by atoms with Crippen LogP contribution < -0.4 is 10.0 Å². The Bertz CT molecular complexity index is 1730. The zero-order valence-corrected chi connectivity index (χ0v) is 22.6. The van der Waals surface area contributed by atoms with Gasteiger partial charge in [-0.25, -0.2) is 17.8 Å². The maximum atomic E-state index is 13.6. The van der Waals surface area contributed by atoms with Crippen molar-refractivity contribution in [2.24, 2.45) is 0 Å². The molecule has 2 aromatic heterocycles. The van der Waals surface area contributed by atoms with Crippen LogP contribution in [0.1, 0.15) is 11.1 Å². The van der Waals surface area contributed by atoms with Crippen molar-refractivity contribution in [3.63, 3.8) is 0 Å². The maximum absolute atomic E-state index is 13.6. The van der Waals surface area contributed by atoms with Gasteiger partial charge >= 0.3 is 0 Å². The summed E-state index contributed by atoms with van der Waals surface area (Å²) in [6.45, 7) is 2.06. The van der Waals surface area contributed by atoms with E-state index in [0.29, 0.717) is 40.0 Å². The van der Waals surface area contributed by atoms with Gasteiger partial charge in [0.1, 0.15) is 11.6 Å². The molecule has 0 spiro atoms. The maximum Gasteiger partial charge on any atom is 0.262 e. The lowest BCUT2D eigenvalue weighted by Gasteiger charge is -2.13. The van der Waals surface area contributed by atoms with Crippen molar-refractivity contribution in [3.8, 4) is 11.3 Å². The summed E-state index contributed by atoms with van der Waals surface area (Å²) in [6.07, 6.45) is 1.67. The molecule has 3 aromatic carbocycles. The first-order chi connectivity index (χ1) is 17.7. The fraction of sp³-hybridized carbons (Fsp3) is 0.0769. The van der Waals surface area contributed by atoms with Crippen molar-refractivity contribution in [3.05, 3.63) is 105 Å². The second kappa shape index (κ2) is 10.1. The Kier molecular flexibility index (Phi) is 6.89. The van der Waals surface area contributed by atoms with Crippen molar-refractivity contribution in [2.75, 3.05) is 10.0 Å². The third-order valence-electron chi connectivity index (χ3n) is 5.70. The molecule has 0 atom stereocenters. The molecule has 0 aliphatic heterocycles. The first kappa shape index (κ1) is 25.2. The van der Waals surface area contributed by atoms with E-state index in [1.54, 1.807) is 41.9 Å². The number of sulfonamides is 1. The number of aromatic nitrogens is 3. The molecule has 37 heavy (non-hydrogen) atoms. The van der Waals surface area contributed by atoms with Crippen molar-refractivity contribution in [2.45, 2.75) is 18.4 Å². The van der Waals surface area contributed by atoms with E-state index < -0.39 is 15.8 Å². The van der Waals surface area contributed by atoms with Gasteiger partial charge in [-0.15, -0.1) is 0 Å². The summed E-state index contributed by atoms with van der Waals surface area (Å²) in [7, 11) is -3.93. The fourth-order valence-corrected chi connectivity index (χ4v) is 5.72. The second-order valence-electron chi connectivity index (χ2n) is 8.30. The average Bonchev–Trinajstić information content (AvgIpc) is 3.25. The molecule has 11 heteroatoms. The average molecular weight is 601 g/mol. The summed E-state index contributed by atoms with van der Waals surface area (Å²) in [5, 5.41) is 8.35. The van der Waals surface area contributed by atoms with Gasteiger partial charge in [-0.05, 0) is 64.3 Å². The van der Waals surface area contributed by atoms with Crippen LogP contribution in [0, 0.1) is 12.7 Å². The highest BCUT2D eigenvalue weighted by Crippen LogP contribution is 2.30. The summed E-state index contributed by atoms with van der Waals surface area (Å²) in [5.74, 6) is 0.0940. The Morgan fingerprint density at radius 1 is 1.05 bits per heavy atom. The number of fused-ring (bicyclic) bond motifs is 1. The van der Waals surface area contributed by atoms with Crippen molar-refractivity contribution in [1.82, 2.24) is 14.6 Å². The number of rotatable bonds is 7. The third kappa shape index (κ3) is 5.31. The number of benzene rings is 3. The van der Waals surface area contributed by atoms with Gasteiger partial charge in [0.2, 0.25) is 0 Å². The van der Waals surface area contributed by atoms with Crippen LogP contribution in [0.25, 0.3) is 16.9 Å². The Morgan fingerprint density at radius 3 is 2.57 bits per heavy atom. The summed E-state index contributed by atoms with van der Waals surface area (Å²) in [5.41, 5.74) is 3.86. The number of anilines is 2.